The lowest BCUT2D eigenvalue weighted by atomic mass is 9.65. The highest BCUT2D eigenvalue weighted by Gasteiger charge is 2.42. The Labute approximate surface area is 180 Å². The van der Waals surface area contributed by atoms with Crippen LogP contribution in [0, 0.1) is 5.41 Å². The summed E-state index contributed by atoms with van der Waals surface area (Å²) in [6.45, 7) is 5.38. The van der Waals surface area contributed by atoms with E-state index in [0.29, 0.717) is 19.1 Å². The minimum Gasteiger partial charge on any atom is -0.388 e. The lowest BCUT2D eigenvalue weighted by Gasteiger charge is -2.42. The van der Waals surface area contributed by atoms with E-state index in [9.17, 15) is 5.11 Å². The summed E-state index contributed by atoms with van der Waals surface area (Å²) in [5.41, 5.74) is 3.52. The topological polar surface area (TPSA) is 56.0 Å². The van der Waals surface area contributed by atoms with Crippen LogP contribution in [0.1, 0.15) is 101 Å². The van der Waals surface area contributed by atoms with E-state index in [1.807, 2.05) is 26.4 Å². The molecule has 5 nitrogen and oxygen atoms in total. The molecule has 1 N–H and O–H groups in total. The molecule has 5 heteroatoms. The van der Waals surface area contributed by atoms with Crippen molar-refractivity contribution in [3.05, 3.63) is 35.9 Å². The Morgan fingerprint density at radius 2 is 1.90 bits per heavy atom. The molecule has 0 spiro atoms. The summed E-state index contributed by atoms with van der Waals surface area (Å²) in [7, 11) is 0. The van der Waals surface area contributed by atoms with E-state index < -0.39 is 6.10 Å². The monoisotopic (exact) mass is 414 g/mol. The molecule has 4 rings (SSSR count). The Balaban J connectivity index is 1.58. The maximum absolute atomic E-state index is 11.9. The molecule has 0 aliphatic heterocycles. The van der Waals surface area contributed by atoms with Gasteiger partial charge in [0.15, 0.2) is 6.29 Å². The van der Waals surface area contributed by atoms with Crippen LogP contribution in [-0.4, -0.2) is 34.0 Å². The zero-order valence-corrected chi connectivity index (χ0v) is 18.7. The summed E-state index contributed by atoms with van der Waals surface area (Å²) >= 11 is 0. The van der Waals surface area contributed by atoms with Crippen molar-refractivity contribution in [3.63, 3.8) is 0 Å². The van der Waals surface area contributed by atoms with Gasteiger partial charge in [0, 0.05) is 30.4 Å². The molecule has 0 bridgehead atoms. The van der Waals surface area contributed by atoms with Gasteiger partial charge in [0.25, 0.3) is 0 Å². The number of imidazole rings is 1. The summed E-state index contributed by atoms with van der Waals surface area (Å²) in [6.07, 6.45) is 16.6. The quantitative estimate of drug-likeness (QED) is 0.475. The van der Waals surface area contributed by atoms with Gasteiger partial charge in [-0.15, -0.1) is 0 Å². The Morgan fingerprint density at radius 1 is 1.17 bits per heavy atom. The van der Waals surface area contributed by atoms with E-state index in [1.54, 1.807) is 0 Å². The fourth-order valence-electron chi connectivity index (χ4n) is 5.51. The van der Waals surface area contributed by atoms with Crippen molar-refractivity contribution in [2.24, 2.45) is 5.41 Å². The number of aliphatic hydroxyl groups is 1. The van der Waals surface area contributed by atoms with Gasteiger partial charge in [0.05, 0.1) is 24.1 Å². The first-order valence-electron chi connectivity index (χ1n) is 12.0. The van der Waals surface area contributed by atoms with Gasteiger partial charge in [-0.1, -0.05) is 19.3 Å². The van der Waals surface area contributed by atoms with Gasteiger partial charge in [-0.3, -0.25) is 0 Å². The molecular formula is C25H38N2O3. The SMILES string of the molecule is CCOC(CCCC1(C(O)c2c(C3CC3)ccn3cncc23)CCCCC1)OCC. The Kier molecular flexibility index (Phi) is 7.12. The largest absolute Gasteiger partial charge is 0.388 e. The molecule has 0 saturated heterocycles. The lowest BCUT2D eigenvalue weighted by molar-refractivity contribution is -0.142. The molecular weight excluding hydrogens is 376 g/mol. The molecule has 0 aromatic carbocycles. The van der Waals surface area contributed by atoms with Crippen molar-refractivity contribution < 1.29 is 14.6 Å². The van der Waals surface area contributed by atoms with Crippen LogP contribution < -0.4 is 0 Å². The summed E-state index contributed by atoms with van der Waals surface area (Å²) in [4.78, 5) is 4.38. The van der Waals surface area contributed by atoms with E-state index in [0.717, 1.165) is 43.2 Å². The molecule has 2 heterocycles. The minimum atomic E-state index is -0.438. The number of aromatic nitrogens is 2. The smallest absolute Gasteiger partial charge is 0.157 e. The molecule has 0 radical (unpaired) electrons. The average molecular weight is 415 g/mol. The van der Waals surface area contributed by atoms with Gasteiger partial charge in [0.1, 0.15) is 0 Å². The van der Waals surface area contributed by atoms with Gasteiger partial charge in [-0.2, -0.15) is 0 Å². The maximum atomic E-state index is 11.9. The molecule has 2 aromatic rings. The third kappa shape index (κ3) is 4.58. The van der Waals surface area contributed by atoms with Crippen LogP contribution in [0.15, 0.2) is 24.8 Å². The first-order chi connectivity index (χ1) is 14.7. The molecule has 2 fully saturated rings. The van der Waals surface area contributed by atoms with Crippen molar-refractivity contribution in [1.82, 2.24) is 9.38 Å². The molecule has 1 atom stereocenters. The standard InChI is InChI=1S/C25H38N2O3/c1-3-29-22(30-4-2)9-8-15-25(13-6-5-7-14-25)24(28)23-20(19-10-11-19)12-16-27-18-26-17-21(23)27/h12,16-19,22,24,28H,3-11,13-15H2,1-2H3. The fourth-order valence-corrected chi connectivity index (χ4v) is 5.51. The van der Waals surface area contributed by atoms with Gasteiger partial charge in [-0.25, -0.2) is 4.98 Å². The van der Waals surface area contributed by atoms with Crippen LogP contribution >= 0.6 is 0 Å². The molecule has 2 aliphatic rings. The van der Waals surface area contributed by atoms with E-state index >= 15 is 0 Å². The molecule has 0 amide bonds. The number of nitrogens with zero attached hydrogens (tertiary/aromatic N) is 2. The van der Waals surface area contributed by atoms with E-state index in [1.165, 1.54) is 37.7 Å². The first-order valence-corrected chi connectivity index (χ1v) is 12.0. The van der Waals surface area contributed by atoms with Crippen LogP contribution in [0.2, 0.25) is 0 Å². The number of pyridine rings is 1. The molecule has 166 valence electrons. The van der Waals surface area contributed by atoms with Crippen molar-refractivity contribution >= 4 is 5.52 Å². The first kappa shape index (κ1) is 21.8. The number of hydrogen-bond donors (Lipinski definition) is 1. The van der Waals surface area contributed by atoms with Gasteiger partial charge in [0.2, 0.25) is 0 Å². The third-order valence-electron chi connectivity index (χ3n) is 7.21. The second kappa shape index (κ2) is 9.80. The number of fused-ring (bicyclic) bond motifs is 1. The lowest BCUT2D eigenvalue weighted by Crippen LogP contribution is -2.33. The molecule has 30 heavy (non-hydrogen) atoms. The molecule has 2 aromatic heterocycles. The van der Waals surface area contributed by atoms with Crippen LogP contribution in [0.5, 0.6) is 0 Å². The summed E-state index contributed by atoms with van der Waals surface area (Å²) < 4.78 is 13.6. The number of aliphatic hydroxyl groups excluding tert-OH is 1. The van der Waals surface area contributed by atoms with Crippen molar-refractivity contribution in [2.45, 2.75) is 96.4 Å². The molecule has 2 saturated carbocycles. The maximum Gasteiger partial charge on any atom is 0.157 e. The van der Waals surface area contributed by atoms with Crippen LogP contribution in [0.4, 0.5) is 0 Å². The highest BCUT2D eigenvalue weighted by atomic mass is 16.7. The second-order valence-electron chi connectivity index (χ2n) is 9.20. The number of hydrogen-bond acceptors (Lipinski definition) is 4. The van der Waals surface area contributed by atoms with Crippen LogP contribution in [0.25, 0.3) is 5.52 Å². The van der Waals surface area contributed by atoms with Gasteiger partial charge < -0.3 is 19.0 Å². The minimum absolute atomic E-state index is 0.0585. The predicted octanol–water partition coefficient (Wildman–Crippen LogP) is 5.77. The van der Waals surface area contributed by atoms with Gasteiger partial charge >= 0.3 is 0 Å². The highest BCUT2D eigenvalue weighted by molar-refractivity contribution is 5.59. The second-order valence-corrected chi connectivity index (χ2v) is 9.20. The summed E-state index contributed by atoms with van der Waals surface area (Å²) in [5.74, 6) is 0.607. The van der Waals surface area contributed by atoms with Crippen molar-refractivity contribution in [2.75, 3.05) is 13.2 Å². The third-order valence-corrected chi connectivity index (χ3v) is 7.21. The Hall–Kier alpha value is -1.43. The zero-order chi connectivity index (χ0) is 21.0. The fraction of sp³-hybridized carbons (Fsp3) is 0.720. The number of ether oxygens (including phenoxy) is 2. The Bertz CT molecular complexity index is 802. The normalized spacial score (nSPS) is 20.1. The highest BCUT2D eigenvalue weighted by Crippen LogP contribution is 2.53. The van der Waals surface area contributed by atoms with E-state index in [4.69, 9.17) is 9.47 Å². The summed E-state index contributed by atoms with van der Waals surface area (Å²) in [6, 6.07) is 2.22. The van der Waals surface area contributed by atoms with E-state index in [-0.39, 0.29) is 11.7 Å². The molecule has 1 unspecified atom stereocenters. The van der Waals surface area contributed by atoms with Crippen molar-refractivity contribution in [3.8, 4) is 0 Å². The Morgan fingerprint density at radius 3 is 2.57 bits per heavy atom. The van der Waals surface area contributed by atoms with Crippen LogP contribution in [-0.2, 0) is 9.47 Å². The van der Waals surface area contributed by atoms with Crippen LogP contribution in [0.3, 0.4) is 0 Å². The number of rotatable bonds is 11. The average Bonchev–Trinajstić information content (AvgIpc) is 3.50. The molecule has 2 aliphatic carbocycles. The predicted molar refractivity (Wildman–Crippen MR) is 119 cm³/mol. The zero-order valence-electron chi connectivity index (χ0n) is 18.7. The van der Waals surface area contributed by atoms with Gasteiger partial charge in [-0.05, 0) is 76.3 Å². The summed E-state index contributed by atoms with van der Waals surface area (Å²) in [5, 5.41) is 11.9. The van der Waals surface area contributed by atoms with Crippen molar-refractivity contribution in [1.29, 1.82) is 0 Å². The van der Waals surface area contributed by atoms with E-state index in [2.05, 4.69) is 21.6 Å².